The van der Waals surface area contributed by atoms with Gasteiger partial charge in [0, 0.05) is 12.7 Å². The summed E-state index contributed by atoms with van der Waals surface area (Å²) in [5.41, 5.74) is 0.161. The van der Waals surface area contributed by atoms with E-state index in [1.165, 1.54) is 23.9 Å². The third-order valence-corrected chi connectivity index (χ3v) is 4.47. The maximum absolute atomic E-state index is 12.2. The van der Waals surface area contributed by atoms with Crippen LogP contribution < -0.4 is 0 Å². The van der Waals surface area contributed by atoms with Gasteiger partial charge in [-0.05, 0) is 35.4 Å². The van der Waals surface area contributed by atoms with Crippen molar-refractivity contribution < 1.29 is 19.7 Å². The van der Waals surface area contributed by atoms with Crippen molar-refractivity contribution in [3.8, 4) is 11.5 Å². The molecule has 2 heterocycles. The molecule has 0 saturated carbocycles. The number of rotatable bonds is 6. The van der Waals surface area contributed by atoms with Crippen LogP contribution in [0.5, 0.6) is 11.5 Å². The highest BCUT2D eigenvalue weighted by atomic mass is 32.2. The lowest BCUT2D eigenvalue weighted by molar-refractivity contribution is 0.0912. The number of phenolic OH excluding ortho intramolecular Hbond substituents is 2. The summed E-state index contributed by atoms with van der Waals surface area (Å²) >= 11 is 1.20. The Hall–Kier alpha value is -2.13. The van der Waals surface area contributed by atoms with E-state index < -0.39 is 0 Å². The highest BCUT2D eigenvalue weighted by Gasteiger charge is 2.20. The number of ketones is 1. The fourth-order valence-corrected chi connectivity index (χ4v) is 3.13. The predicted molar refractivity (Wildman–Crippen MR) is 81.6 cm³/mol. The molecule has 0 radical (unpaired) electrons. The summed E-state index contributed by atoms with van der Waals surface area (Å²) < 4.78 is 7.18. The van der Waals surface area contributed by atoms with E-state index in [-0.39, 0.29) is 34.7 Å². The van der Waals surface area contributed by atoms with Gasteiger partial charge in [-0.25, -0.2) is 4.68 Å². The minimum Gasteiger partial charge on any atom is -0.508 e. The zero-order valence-corrected chi connectivity index (χ0v) is 13.1. The van der Waals surface area contributed by atoms with E-state index in [1.807, 2.05) is 0 Å². The molecule has 1 saturated heterocycles. The summed E-state index contributed by atoms with van der Waals surface area (Å²) in [5.74, 6) is -0.509. The summed E-state index contributed by atoms with van der Waals surface area (Å²) in [6, 6.07) is 3.89. The van der Waals surface area contributed by atoms with Crippen LogP contribution >= 0.6 is 11.8 Å². The van der Waals surface area contributed by atoms with Gasteiger partial charge in [0.1, 0.15) is 11.5 Å². The van der Waals surface area contributed by atoms with Crippen LogP contribution in [0.15, 0.2) is 23.4 Å². The molecule has 0 aliphatic carbocycles. The van der Waals surface area contributed by atoms with Crippen LogP contribution in [0.3, 0.4) is 0 Å². The van der Waals surface area contributed by atoms with Gasteiger partial charge >= 0.3 is 0 Å². The fraction of sp³-hybridized carbons (Fsp3) is 0.429. The van der Waals surface area contributed by atoms with Gasteiger partial charge in [0.05, 0.1) is 24.0 Å². The van der Waals surface area contributed by atoms with Gasteiger partial charge in [-0.3, -0.25) is 4.79 Å². The maximum atomic E-state index is 12.2. The molecule has 1 unspecified atom stereocenters. The Morgan fingerprint density at radius 1 is 1.43 bits per heavy atom. The first-order valence-electron chi connectivity index (χ1n) is 7.19. The molecule has 0 spiro atoms. The summed E-state index contributed by atoms with van der Waals surface area (Å²) in [5, 5.41) is 31.0. The normalized spacial score (nSPS) is 17.5. The van der Waals surface area contributed by atoms with E-state index in [0.29, 0.717) is 11.7 Å². The number of nitrogens with zero attached hydrogens (tertiary/aromatic N) is 4. The Morgan fingerprint density at radius 2 is 2.30 bits per heavy atom. The third kappa shape index (κ3) is 3.80. The first-order valence-corrected chi connectivity index (χ1v) is 8.18. The second-order valence-electron chi connectivity index (χ2n) is 5.19. The first kappa shape index (κ1) is 15.8. The van der Waals surface area contributed by atoms with Crippen molar-refractivity contribution in [2.75, 3.05) is 12.4 Å². The summed E-state index contributed by atoms with van der Waals surface area (Å²) in [7, 11) is 0. The molecule has 3 rings (SSSR count). The van der Waals surface area contributed by atoms with Gasteiger partial charge in [0.25, 0.3) is 0 Å². The molecule has 1 aromatic carbocycles. The van der Waals surface area contributed by atoms with Crippen molar-refractivity contribution in [2.45, 2.75) is 30.6 Å². The lowest BCUT2D eigenvalue weighted by Gasteiger charge is -2.10. The van der Waals surface area contributed by atoms with E-state index in [0.717, 1.165) is 25.5 Å². The number of hydrogen-bond acceptors (Lipinski definition) is 8. The Balaban J connectivity index is 1.62. The summed E-state index contributed by atoms with van der Waals surface area (Å²) in [6.07, 6.45) is 2.12. The zero-order chi connectivity index (χ0) is 16.2. The minimum absolute atomic E-state index is 0.0875. The molecule has 23 heavy (non-hydrogen) atoms. The molecule has 2 N–H and O–H groups in total. The van der Waals surface area contributed by atoms with Crippen molar-refractivity contribution in [3.05, 3.63) is 23.8 Å². The lowest BCUT2D eigenvalue weighted by Crippen LogP contribution is -2.17. The highest BCUT2D eigenvalue weighted by molar-refractivity contribution is 7.99. The Labute approximate surface area is 136 Å². The predicted octanol–water partition coefficient (Wildman–Crippen LogP) is 1.24. The van der Waals surface area contributed by atoms with Crippen LogP contribution in [0.4, 0.5) is 0 Å². The molecule has 122 valence electrons. The highest BCUT2D eigenvalue weighted by Crippen LogP contribution is 2.25. The van der Waals surface area contributed by atoms with Gasteiger partial charge < -0.3 is 14.9 Å². The number of aromatic nitrogens is 4. The Kier molecular flexibility index (Phi) is 4.77. The molecule has 8 nitrogen and oxygen atoms in total. The Morgan fingerprint density at radius 3 is 3.04 bits per heavy atom. The number of hydrogen-bond donors (Lipinski definition) is 2. The number of phenols is 2. The van der Waals surface area contributed by atoms with Gasteiger partial charge in [-0.15, -0.1) is 5.10 Å². The minimum atomic E-state index is -0.265. The van der Waals surface area contributed by atoms with Crippen molar-refractivity contribution in [2.24, 2.45) is 0 Å². The standard InChI is InChI=1S/C14H16N4O4S/c19-9-3-4-11(12(20)6-9)13(21)8-23-14-15-16-17-18(14)7-10-2-1-5-22-10/h3-4,6,10,19-20H,1-2,5,7-8H2. The van der Waals surface area contributed by atoms with Crippen molar-refractivity contribution in [3.63, 3.8) is 0 Å². The molecule has 9 heteroatoms. The number of carbonyl (C=O) groups is 1. The molecular weight excluding hydrogens is 320 g/mol. The van der Waals surface area contributed by atoms with Crippen LogP contribution in [0.25, 0.3) is 0 Å². The molecule has 1 aromatic heterocycles. The van der Waals surface area contributed by atoms with E-state index >= 15 is 0 Å². The topological polar surface area (TPSA) is 110 Å². The number of ether oxygens (including phenoxy) is 1. The maximum Gasteiger partial charge on any atom is 0.209 e. The average molecular weight is 336 g/mol. The molecule has 0 bridgehead atoms. The van der Waals surface area contributed by atoms with Crippen LogP contribution in [-0.4, -0.2) is 54.7 Å². The summed E-state index contributed by atoms with van der Waals surface area (Å²) in [6.45, 7) is 1.32. The van der Waals surface area contributed by atoms with Crippen molar-refractivity contribution >= 4 is 17.5 Å². The number of tetrazole rings is 1. The van der Waals surface area contributed by atoms with E-state index in [4.69, 9.17) is 4.74 Å². The zero-order valence-electron chi connectivity index (χ0n) is 12.3. The summed E-state index contributed by atoms with van der Waals surface area (Å²) in [4.78, 5) is 12.2. The largest absolute Gasteiger partial charge is 0.508 e. The number of benzene rings is 1. The Bertz CT molecular complexity index is 700. The van der Waals surface area contributed by atoms with Crippen LogP contribution in [-0.2, 0) is 11.3 Å². The monoisotopic (exact) mass is 336 g/mol. The van der Waals surface area contributed by atoms with Crippen molar-refractivity contribution in [1.29, 1.82) is 0 Å². The molecule has 1 aliphatic rings. The number of carbonyl (C=O) groups excluding carboxylic acids is 1. The average Bonchev–Trinajstić information content (AvgIpc) is 3.17. The van der Waals surface area contributed by atoms with Gasteiger partial charge in [-0.1, -0.05) is 11.8 Å². The molecule has 0 amide bonds. The van der Waals surface area contributed by atoms with E-state index in [1.54, 1.807) is 4.68 Å². The van der Waals surface area contributed by atoms with Crippen LogP contribution in [0.2, 0.25) is 0 Å². The third-order valence-electron chi connectivity index (χ3n) is 3.51. The smallest absolute Gasteiger partial charge is 0.209 e. The van der Waals surface area contributed by atoms with E-state index in [2.05, 4.69) is 15.5 Å². The molecule has 1 fully saturated rings. The van der Waals surface area contributed by atoms with E-state index in [9.17, 15) is 15.0 Å². The van der Waals surface area contributed by atoms with Crippen molar-refractivity contribution in [1.82, 2.24) is 20.2 Å². The number of thioether (sulfide) groups is 1. The van der Waals surface area contributed by atoms with Gasteiger partial charge in [0.15, 0.2) is 5.78 Å². The van der Waals surface area contributed by atoms with Gasteiger partial charge in [-0.2, -0.15) is 0 Å². The van der Waals surface area contributed by atoms with Gasteiger partial charge in [0.2, 0.25) is 5.16 Å². The quantitative estimate of drug-likeness (QED) is 0.599. The number of Topliss-reactive ketones (excluding diaryl/α,β-unsaturated/α-hetero) is 1. The van der Waals surface area contributed by atoms with Crippen LogP contribution in [0.1, 0.15) is 23.2 Å². The lowest BCUT2D eigenvalue weighted by atomic mass is 10.1. The SMILES string of the molecule is O=C(CSc1nnnn1CC1CCCO1)c1ccc(O)cc1O. The molecule has 1 atom stereocenters. The number of aromatic hydroxyl groups is 2. The molecule has 2 aromatic rings. The second kappa shape index (κ2) is 6.97. The fourth-order valence-electron chi connectivity index (χ4n) is 2.36. The second-order valence-corrected chi connectivity index (χ2v) is 6.13. The first-order chi connectivity index (χ1) is 11.1. The van der Waals surface area contributed by atoms with Crippen LogP contribution in [0, 0.1) is 0 Å². The molecular formula is C14H16N4O4S. The molecule has 1 aliphatic heterocycles.